The predicted molar refractivity (Wildman–Crippen MR) is 54.1 cm³/mol. The minimum absolute atomic E-state index is 0.0624. The first-order valence-electron chi connectivity index (χ1n) is 4.34. The Balaban J connectivity index is 2.59. The van der Waals surface area contributed by atoms with Crippen LogP contribution in [0.25, 0.3) is 10.9 Å². The van der Waals surface area contributed by atoms with Gasteiger partial charge in [-0.05, 0) is 6.07 Å². The van der Waals surface area contributed by atoms with E-state index in [1.165, 1.54) is 25.3 Å². The Bertz CT molecular complexity index is 575. The van der Waals surface area contributed by atoms with Crippen LogP contribution < -0.4 is 0 Å². The van der Waals surface area contributed by atoms with Gasteiger partial charge in [-0.25, -0.2) is 4.79 Å². The number of aromatic nitrogens is 2. The SMILES string of the molecule is COC(=O)c1n[nH]c2cc([N+](=O)[O-])ccc12. The number of non-ortho nitro benzene ring substituents is 1. The third kappa shape index (κ3) is 1.48. The normalized spacial score (nSPS) is 10.3. The van der Waals surface area contributed by atoms with Crippen molar-refractivity contribution >= 4 is 22.6 Å². The van der Waals surface area contributed by atoms with Crippen molar-refractivity contribution in [2.45, 2.75) is 0 Å². The van der Waals surface area contributed by atoms with E-state index in [4.69, 9.17) is 0 Å². The van der Waals surface area contributed by atoms with Gasteiger partial charge in [-0.1, -0.05) is 0 Å². The second-order valence-corrected chi connectivity index (χ2v) is 3.05. The van der Waals surface area contributed by atoms with E-state index in [-0.39, 0.29) is 11.4 Å². The molecule has 2 aromatic rings. The Labute approximate surface area is 89.2 Å². The number of fused-ring (bicyclic) bond motifs is 1. The topological polar surface area (TPSA) is 98.1 Å². The number of ether oxygens (including phenoxy) is 1. The van der Waals surface area contributed by atoms with Crippen LogP contribution >= 0.6 is 0 Å². The number of carbonyl (C=O) groups is 1. The molecule has 0 aliphatic heterocycles. The molecule has 0 unspecified atom stereocenters. The zero-order chi connectivity index (χ0) is 11.7. The Morgan fingerprint density at radius 3 is 2.94 bits per heavy atom. The van der Waals surface area contributed by atoms with Crippen molar-refractivity contribution in [2.24, 2.45) is 0 Å². The van der Waals surface area contributed by atoms with Crippen molar-refractivity contribution in [3.63, 3.8) is 0 Å². The van der Waals surface area contributed by atoms with Crippen molar-refractivity contribution in [1.82, 2.24) is 10.2 Å². The number of nitro benzene ring substituents is 1. The van der Waals surface area contributed by atoms with Crippen LogP contribution in [0.2, 0.25) is 0 Å². The first-order valence-corrected chi connectivity index (χ1v) is 4.34. The average Bonchev–Trinajstić information content (AvgIpc) is 2.70. The molecule has 7 nitrogen and oxygen atoms in total. The number of rotatable bonds is 2. The molecule has 16 heavy (non-hydrogen) atoms. The highest BCUT2D eigenvalue weighted by Crippen LogP contribution is 2.21. The van der Waals surface area contributed by atoms with E-state index in [1.807, 2.05) is 0 Å². The monoisotopic (exact) mass is 221 g/mol. The molecule has 0 bridgehead atoms. The first-order chi connectivity index (χ1) is 7.63. The number of hydrogen-bond donors (Lipinski definition) is 1. The number of esters is 1. The molecule has 1 N–H and O–H groups in total. The minimum atomic E-state index is -0.583. The molecular weight excluding hydrogens is 214 g/mol. The van der Waals surface area contributed by atoms with Crippen LogP contribution in [-0.4, -0.2) is 28.2 Å². The molecule has 7 heteroatoms. The van der Waals surface area contributed by atoms with Crippen molar-refractivity contribution < 1.29 is 14.5 Å². The zero-order valence-corrected chi connectivity index (χ0v) is 8.26. The molecule has 0 saturated heterocycles. The fourth-order valence-corrected chi connectivity index (χ4v) is 1.37. The summed E-state index contributed by atoms with van der Waals surface area (Å²) in [5.74, 6) is -0.583. The van der Waals surface area contributed by atoms with Gasteiger partial charge in [-0.2, -0.15) is 5.10 Å². The number of hydrogen-bond acceptors (Lipinski definition) is 5. The van der Waals surface area contributed by atoms with E-state index in [0.29, 0.717) is 10.9 Å². The quantitative estimate of drug-likeness (QED) is 0.467. The number of nitrogens with one attached hydrogen (secondary N) is 1. The van der Waals surface area contributed by atoms with Crippen molar-refractivity contribution in [3.8, 4) is 0 Å². The summed E-state index contributed by atoms with van der Waals surface area (Å²) in [6, 6.07) is 4.09. The highest BCUT2D eigenvalue weighted by atomic mass is 16.6. The number of methoxy groups -OCH3 is 1. The first kappa shape index (κ1) is 10.1. The Morgan fingerprint density at radius 2 is 2.31 bits per heavy atom. The van der Waals surface area contributed by atoms with E-state index in [0.717, 1.165) is 0 Å². The molecule has 0 atom stereocenters. The lowest BCUT2D eigenvalue weighted by molar-refractivity contribution is -0.384. The van der Waals surface area contributed by atoms with Gasteiger partial charge in [0.1, 0.15) is 0 Å². The number of aromatic amines is 1. The zero-order valence-electron chi connectivity index (χ0n) is 8.26. The molecule has 0 amide bonds. The van der Waals surface area contributed by atoms with E-state index in [2.05, 4.69) is 14.9 Å². The van der Waals surface area contributed by atoms with Gasteiger partial charge in [0.15, 0.2) is 5.69 Å². The Morgan fingerprint density at radius 1 is 1.56 bits per heavy atom. The van der Waals surface area contributed by atoms with Gasteiger partial charge in [-0.15, -0.1) is 0 Å². The molecule has 0 spiro atoms. The van der Waals surface area contributed by atoms with Crippen molar-refractivity contribution in [2.75, 3.05) is 7.11 Å². The van der Waals surface area contributed by atoms with Crippen LogP contribution in [0.3, 0.4) is 0 Å². The molecule has 0 fully saturated rings. The molecule has 0 saturated carbocycles. The second-order valence-electron chi connectivity index (χ2n) is 3.05. The van der Waals surface area contributed by atoms with Crippen LogP contribution in [0.4, 0.5) is 5.69 Å². The summed E-state index contributed by atoms with van der Waals surface area (Å²) in [6.07, 6.45) is 0. The summed E-state index contributed by atoms with van der Waals surface area (Å²) < 4.78 is 4.53. The summed E-state index contributed by atoms with van der Waals surface area (Å²) in [5.41, 5.74) is 0.481. The minimum Gasteiger partial charge on any atom is -0.464 e. The number of nitro groups is 1. The molecular formula is C9H7N3O4. The molecule has 1 aromatic heterocycles. The smallest absolute Gasteiger partial charge is 0.359 e. The van der Waals surface area contributed by atoms with Gasteiger partial charge in [0.05, 0.1) is 17.5 Å². The van der Waals surface area contributed by atoms with Crippen LogP contribution in [0.15, 0.2) is 18.2 Å². The van der Waals surface area contributed by atoms with E-state index in [9.17, 15) is 14.9 Å². The fourth-order valence-electron chi connectivity index (χ4n) is 1.37. The third-order valence-corrected chi connectivity index (χ3v) is 2.14. The second kappa shape index (κ2) is 3.61. The van der Waals surface area contributed by atoms with E-state index < -0.39 is 10.9 Å². The maximum Gasteiger partial charge on any atom is 0.359 e. The summed E-state index contributed by atoms with van der Waals surface area (Å²) in [6.45, 7) is 0. The molecule has 2 rings (SSSR count). The molecule has 0 aliphatic carbocycles. The van der Waals surface area contributed by atoms with Crippen LogP contribution in [-0.2, 0) is 4.74 Å². The highest BCUT2D eigenvalue weighted by Gasteiger charge is 2.16. The van der Waals surface area contributed by atoms with Crippen molar-refractivity contribution in [1.29, 1.82) is 0 Å². The maximum absolute atomic E-state index is 11.3. The van der Waals surface area contributed by atoms with Gasteiger partial charge in [0.25, 0.3) is 5.69 Å². The maximum atomic E-state index is 11.3. The highest BCUT2D eigenvalue weighted by molar-refractivity contribution is 6.02. The Kier molecular flexibility index (Phi) is 2.28. The predicted octanol–water partition coefficient (Wildman–Crippen LogP) is 1.26. The van der Waals surface area contributed by atoms with E-state index in [1.54, 1.807) is 0 Å². The lowest BCUT2D eigenvalue weighted by Crippen LogP contribution is -2.01. The van der Waals surface area contributed by atoms with Gasteiger partial charge in [0.2, 0.25) is 0 Å². The van der Waals surface area contributed by atoms with Gasteiger partial charge < -0.3 is 4.74 Å². The molecule has 0 aliphatic rings. The lowest BCUT2D eigenvalue weighted by Gasteiger charge is -1.94. The van der Waals surface area contributed by atoms with Gasteiger partial charge >= 0.3 is 5.97 Å². The van der Waals surface area contributed by atoms with Crippen LogP contribution in [0.1, 0.15) is 10.5 Å². The summed E-state index contributed by atoms with van der Waals surface area (Å²) >= 11 is 0. The standard InChI is InChI=1S/C9H7N3O4/c1-16-9(13)8-6-3-2-5(12(14)15)4-7(6)10-11-8/h2-4H,1H3,(H,10,11). The number of nitrogens with zero attached hydrogens (tertiary/aromatic N) is 2. The Hall–Kier alpha value is -2.44. The summed E-state index contributed by atoms with van der Waals surface area (Å²) in [7, 11) is 1.24. The van der Waals surface area contributed by atoms with Gasteiger partial charge in [0, 0.05) is 17.5 Å². The summed E-state index contributed by atoms with van der Waals surface area (Å²) in [4.78, 5) is 21.3. The molecule has 82 valence electrons. The largest absolute Gasteiger partial charge is 0.464 e. The molecule has 0 radical (unpaired) electrons. The van der Waals surface area contributed by atoms with Crippen LogP contribution in [0, 0.1) is 10.1 Å². The number of H-pyrrole nitrogens is 1. The van der Waals surface area contributed by atoms with Crippen LogP contribution in [0.5, 0.6) is 0 Å². The number of benzene rings is 1. The lowest BCUT2D eigenvalue weighted by atomic mass is 10.2. The van der Waals surface area contributed by atoms with Gasteiger partial charge in [-0.3, -0.25) is 15.2 Å². The fraction of sp³-hybridized carbons (Fsp3) is 0.111. The summed E-state index contributed by atoms with van der Waals surface area (Å²) in [5, 5.41) is 17.3. The molecule has 1 heterocycles. The molecule has 1 aromatic carbocycles. The third-order valence-electron chi connectivity index (χ3n) is 2.14. The van der Waals surface area contributed by atoms with Crippen molar-refractivity contribution in [3.05, 3.63) is 34.0 Å². The van der Waals surface area contributed by atoms with E-state index >= 15 is 0 Å². The number of carbonyl (C=O) groups excluding carboxylic acids is 1. The average molecular weight is 221 g/mol.